The lowest BCUT2D eigenvalue weighted by atomic mass is 9.99. The highest BCUT2D eigenvalue weighted by atomic mass is 16.7. The molecule has 0 spiro atoms. The van der Waals surface area contributed by atoms with Crippen LogP contribution in [0.3, 0.4) is 0 Å². The Labute approximate surface area is 291 Å². The van der Waals surface area contributed by atoms with Crippen molar-refractivity contribution in [3.8, 4) is 0 Å². The second-order valence-corrected chi connectivity index (χ2v) is 13.4. The van der Waals surface area contributed by atoms with Gasteiger partial charge in [0, 0.05) is 6.42 Å². The predicted octanol–water partition coefficient (Wildman–Crippen LogP) is 6.55. The summed E-state index contributed by atoms with van der Waals surface area (Å²) in [4.78, 5) is 12.7. The zero-order valence-corrected chi connectivity index (χ0v) is 30.2. The summed E-state index contributed by atoms with van der Waals surface area (Å²) >= 11 is 0. The van der Waals surface area contributed by atoms with Gasteiger partial charge in [0.2, 0.25) is 5.91 Å². The van der Waals surface area contributed by atoms with Crippen LogP contribution in [0.1, 0.15) is 149 Å². The number of unbranched alkanes of at least 4 members (excludes halogenated alkanes) is 16. The van der Waals surface area contributed by atoms with Crippen molar-refractivity contribution in [2.24, 2.45) is 0 Å². The van der Waals surface area contributed by atoms with Crippen molar-refractivity contribution < 1.29 is 39.8 Å². The lowest BCUT2D eigenvalue weighted by Crippen LogP contribution is -2.60. The molecule has 1 aliphatic heterocycles. The second kappa shape index (κ2) is 30.3. The van der Waals surface area contributed by atoms with E-state index >= 15 is 0 Å². The van der Waals surface area contributed by atoms with Crippen LogP contribution < -0.4 is 5.32 Å². The van der Waals surface area contributed by atoms with Gasteiger partial charge in [-0.05, 0) is 44.9 Å². The maximum Gasteiger partial charge on any atom is 0.220 e. The Kier molecular flexibility index (Phi) is 28.0. The van der Waals surface area contributed by atoms with Crippen LogP contribution in [0.15, 0.2) is 36.5 Å². The van der Waals surface area contributed by atoms with Crippen LogP contribution >= 0.6 is 0 Å². The molecule has 1 heterocycles. The molecule has 0 aromatic heterocycles. The summed E-state index contributed by atoms with van der Waals surface area (Å²) in [5.41, 5.74) is 0. The van der Waals surface area contributed by atoms with Gasteiger partial charge >= 0.3 is 0 Å². The molecule has 48 heavy (non-hydrogen) atoms. The van der Waals surface area contributed by atoms with Crippen molar-refractivity contribution in [1.82, 2.24) is 5.32 Å². The molecule has 1 amide bonds. The quantitative estimate of drug-likeness (QED) is 0.0370. The van der Waals surface area contributed by atoms with Gasteiger partial charge in [0.05, 0.1) is 25.4 Å². The fourth-order valence-corrected chi connectivity index (χ4v) is 5.76. The van der Waals surface area contributed by atoms with E-state index in [4.69, 9.17) is 9.47 Å². The van der Waals surface area contributed by atoms with Crippen LogP contribution in [-0.2, 0) is 14.3 Å². The van der Waals surface area contributed by atoms with E-state index in [2.05, 4.69) is 43.5 Å². The number of hydrogen-bond donors (Lipinski definition) is 6. The summed E-state index contributed by atoms with van der Waals surface area (Å²) in [5.74, 6) is -0.193. The van der Waals surface area contributed by atoms with Crippen LogP contribution in [0, 0.1) is 0 Å². The summed E-state index contributed by atoms with van der Waals surface area (Å²) < 4.78 is 11.0. The van der Waals surface area contributed by atoms with Crippen LogP contribution in [-0.4, -0.2) is 87.5 Å². The zero-order valence-electron chi connectivity index (χ0n) is 30.2. The Morgan fingerprint density at radius 2 is 1.25 bits per heavy atom. The van der Waals surface area contributed by atoms with Crippen molar-refractivity contribution in [2.75, 3.05) is 13.2 Å². The van der Waals surface area contributed by atoms with Gasteiger partial charge in [0.1, 0.15) is 24.4 Å². The molecular formula is C39H71NO8. The number of ether oxygens (including phenoxy) is 2. The molecule has 0 saturated carbocycles. The molecule has 0 bridgehead atoms. The summed E-state index contributed by atoms with van der Waals surface area (Å²) in [6, 6.07) is -0.801. The number of allylic oxidation sites excluding steroid dienone is 5. The third-order valence-electron chi connectivity index (χ3n) is 8.96. The van der Waals surface area contributed by atoms with E-state index in [0.29, 0.717) is 6.42 Å². The molecule has 7 atom stereocenters. The first kappa shape index (κ1) is 44.4. The van der Waals surface area contributed by atoms with Gasteiger partial charge in [0.15, 0.2) is 6.29 Å². The molecule has 1 rings (SSSR count). The van der Waals surface area contributed by atoms with E-state index in [-0.39, 0.29) is 12.5 Å². The Balaban J connectivity index is 2.22. The highest BCUT2D eigenvalue weighted by Gasteiger charge is 2.44. The van der Waals surface area contributed by atoms with Crippen LogP contribution in [0.4, 0.5) is 0 Å². The van der Waals surface area contributed by atoms with Crippen molar-refractivity contribution in [3.63, 3.8) is 0 Å². The lowest BCUT2D eigenvalue weighted by molar-refractivity contribution is -0.302. The van der Waals surface area contributed by atoms with Crippen molar-refractivity contribution in [1.29, 1.82) is 0 Å². The van der Waals surface area contributed by atoms with E-state index in [1.165, 1.54) is 83.5 Å². The van der Waals surface area contributed by atoms with Crippen molar-refractivity contribution >= 4 is 5.91 Å². The highest BCUT2D eigenvalue weighted by molar-refractivity contribution is 5.76. The Hall–Kier alpha value is -1.59. The molecule has 0 aromatic carbocycles. The number of carbonyl (C=O) groups excluding carboxylic acids is 1. The SMILES string of the molecule is CCCC/C=C/C(O)C(COC1OC(CO)C(O)C(O)C1O)NC(=O)CCCCCCCCCCC/C=C\C/C=C\CCCCCCC. The van der Waals surface area contributed by atoms with E-state index in [1.54, 1.807) is 6.08 Å². The van der Waals surface area contributed by atoms with Gasteiger partial charge < -0.3 is 40.3 Å². The molecular weight excluding hydrogens is 610 g/mol. The van der Waals surface area contributed by atoms with Gasteiger partial charge in [-0.1, -0.05) is 134 Å². The Morgan fingerprint density at radius 1 is 0.708 bits per heavy atom. The minimum Gasteiger partial charge on any atom is -0.394 e. The standard InChI is InChI=1S/C39H71NO8/c1-3-5-7-9-10-11-12-13-14-15-16-17-18-19-20-21-22-23-24-25-27-29-35(43)40-32(33(42)28-26-8-6-4-2)31-47-39-38(46)37(45)36(44)34(30-41)48-39/h12-13,15-16,26,28,32-34,36-39,41-42,44-46H,3-11,14,17-25,27,29-31H2,1-2H3,(H,40,43)/b13-12-,16-15-,28-26+. The minimum atomic E-state index is -1.56. The molecule has 1 saturated heterocycles. The number of amides is 1. The molecule has 1 fully saturated rings. The maximum absolute atomic E-state index is 12.7. The van der Waals surface area contributed by atoms with Gasteiger partial charge in [0.25, 0.3) is 0 Å². The lowest BCUT2D eigenvalue weighted by Gasteiger charge is -2.40. The first-order valence-electron chi connectivity index (χ1n) is 19.2. The number of nitrogens with one attached hydrogen (secondary N) is 1. The summed E-state index contributed by atoms with van der Waals surface area (Å²) in [7, 11) is 0. The molecule has 9 nitrogen and oxygen atoms in total. The van der Waals surface area contributed by atoms with Gasteiger partial charge in [-0.15, -0.1) is 0 Å². The summed E-state index contributed by atoms with van der Waals surface area (Å²) in [6.07, 6.45) is 28.3. The third-order valence-corrected chi connectivity index (χ3v) is 8.96. The van der Waals surface area contributed by atoms with Gasteiger partial charge in [-0.3, -0.25) is 4.79 Å². The van der Waals surface area contributed by atoms with Crippen LogP contribution in [0.2, 0.25) is 0 Å². The largest absolute Gasteiger partial charge is 0.394 e. The number of aliphatic hydroxyl groups is 5. The van der Waals surface area contributed by atoms with E-state index in [1.807, 2.05) is 6.08 Å². The maximum atomic E-state index is 12.7. The molecule has 0 aliphatic carbocycles. The first-order chi connectivity index (χ1) is 23.3. The summed E-state index contributed by atoms with van der Waals surface area (Å²) in [6.45, 7) is 3.58. The fraction of sp³-hybridized carbons (Fsp3) is 0.821. The van der Waals surface area contributed by atoms with Crippen molar-refractivity contribution in [3.05, 3.63) is 36.5 Å². The molecule has 0 aromatic rings. The number of carbonyl (C=O) groups is 1. The van der Waals surface area contributed by atoms with Crippen LogP contribution in [0.5, 0.6) is 0 Å². The smallest absolute Gasteiger partial charge is 0.220 e. The number of rotatable bonds is 30. The molecule has 280 valence electrons. The predicted molar refractivity (Wildman–Crippen MR) is 193 cm³/mol. The second-order valence-electron chi connectivity index (χ2n) is 13.4. The highest BCUT2D eigenvalue weighted by Crippen LogP contribution is 2.22. The fourth-order valence-electron chi connectivity index (χ4n) is 5.76. The molecule has 0 radical (unpaired) electrons. The molecule has 6 N–H and O–H groups in total. The topological polar surface area (TPSA) is 149 Å². The van der Waals surface area contributed by atoms with E-state index in [0.717, 1.165) is 44.9 Å². The normalized spacial score (nSPS) is 23.0. The van der Waals surface area contributed by atoms with Crippen LogP contribution in [0.25, 0.3) is 0 Å². The zero-order chi connectivity index (χ0) is 35.2. The van der Waals surface area contributed by atoms with Crippen molar-refractivity contribution in [2.45, 2.75) is 192 Å². The molecule has 9 heteroatoms. The van der Waals surface area contributed by atoms with Gasteiger partial charge in [-0.2, -0.15) is 0 Å². The monoisotopic (exact) mass is 682 g/mol. The average Bonchev–Trinajstić information content (AvgIpc) is 3.08. The molecule has 7 unspecified atom stereocenters. The Morgan fingerprint density at radius 3 is 1.83 bits per heavy atom. The average molecular weight is 682 g/mol. The number of hydrogen-bond acceptors (Lipinski definition) is 8. The van der Waals surface area contributed by atoms with Gasteiger partial charge in [-0.25, -0.2) is 0 Å². The first-order valence-corrected chi connectivity index (χ1v) is 19.2. The third kappa shape index (κ3) is 21.5. The van der Waals surface area contributed by atoms with E-state index in [9.17, 15) is 30.3 Å². The van der Waals surface area contributed by atoms with E-state index < -0.39 is 49.5 Å². The molecule has 1 aliphatic rings. The minimum absolute atomic E-state index is 0.193. The number of aliphatic hydroxyl groups excluding tert-OH is 5. The summed E-state index contributed by atoms with van der Waals surface area (Å²) in [5, 5.41) is 53.4. The Bertz CT molecular complexity index is 848.